The lowest BCUT2D eigenvalue weighted by Gasteiger charge is -1.96. The van der Waals surface area contributed by atoms with Crippen LogP contribution >= 0.6 is 0 Å². The fourth-order valence-corrected chi connectivity index (χ4v) is 1.24. The molecule has 4 heteroatoms. The Kier molecular flexibility index (Phi) is 2.02. The Bertz CT molecular complexity index is 542. The van der Waals surface area contributed by atoms with Crippen LogP contribution in [0.2, 0.25) is 0 Å². The maximum atomic E-state index is 11.5. The van der Waals surface area contributed by atoms with E-state index in [2.05, 4.69) is 5.16 Å². The van der Waals surface area contributed by atoms with Gasteiger partial charge in [0.1, 0.15) is 11.8 Å². The minimum atomic E-state index is -0.151. The van der Waals surface area contributed by atoms with E-state index in [1.165, 1.54) is 6.07 Å². The van der Waals surface area contributed by atoms with Gasteiger partial charge in [-0.2, -0.15) is 0 Å². The van der Waals surface area contributed by atoms with Gasteiger partial charge in [-0.15, -0.1) is 0 Å². The van der Waals surface area contributed by atoms with Gasteiger partial charge in [-0.25, -0.2) is 0 Å². The van der Waals surface area contributed by atoms with Crippen molar-refractivity contribution in [3.63, 3.8) is 0 Å². The number of rotatable bonds is 1. The van der Waals surface area contributed by atoms with Gasteiger partial charge in [0.25, 0.3) is 0 Å². The number of hydrogen-bond donors (Lipinski definition) is 1. The monoisotopic (exact) mass is 189 g/mol. The van der Waals surface area contributed by atoms with Crippen LogP contribution in [0, 0.1) is 0 Å². The molecule has 0 bridgehead atoms. The van der Waals surface area contributed by atoms with Crippen LogP contribution in [-0.4, -0.2) is 11.4 Å². The Morgan fingerprint density at radius 2 is 2.14 bits per heavy atom. The quantitative estimate of drug-likeness (QED) is 0.421. The lowest BCUT2D eigenvalue weighted by atomic mass is 10.2. The van der Waals surface area contributed by atoms with E-state index in [9.17, 15) is 4.79 Å². The van der Waals surface area contributed by atoms with Gasteiger partial charge in [0.15, 0.2) is 11.2 Å². The summed E-state index contributed by atoms with van der Waals surface area (Å²) >= 11 is 0. The first-order chi connectivity index (χ1) is 6.81. The largest absolute Gasteiger partial charge is 0.455 e. The number of nitrogens with zero attached hydrogens (tertiary/aromatic N) is 1. The summed E-state index contributed by atoms with van der Waals surface area (Å²) in [5.74, 6) is 0.233. The summed E-state index contributed by atoms with van der Waals surface area (Å²) in [6.07, 6.45) is 1.08. The van der Waals surface area contributed by atoms with E-state index in [1.54, 1.807) is 24.3 Å². The van der Waals surface area contributed by atoms with Crippen LogP contribution in [0.4, 0.5) is 0 Å². The fourth-order valence-electron chi connectivity index (χ4n) is 1.24. The van der Waals surface area contributed by atoms with Gasteiger partial charge >= 0.3 is 0 Å². The average Bonchev–Trinajstić information content (AvgIpc) is 2.18. The standard InChI is InChI=1S/C10H7NO3/c12-9-5-7(6-11-13)14-10-4-2-1-3-8(9)10/h1-6,13H. The molecular formula is C10H7NO3. The van der Waals surface area contributed by atoms with E-state index >= 15 is 0 Å². The van der Waals surface area contributed by atoms with Crippen LogP contribution in [0.25, 0.3) is 11.0 Å². The van der Waals surface area contributed by atoms with Crippen LogP contribution in [0.1, 0.15) is 5.76 Å². The van der Waals surface area contributed by atoms with Gasteiger partial charge in [0.2, 0.25) is 0 Å². The molecule has 0 atom stereocenters. The molecule has 0 spiro atoms. The van der Waals surface area contributed by atoms with Crippen molar-refractivity contribution in [2.45, 2.75) is 0 Å². The second-order valence-corrected chi connectivity index (χ2v) is 2.75. The van der Waals surface area contributed by atoms with E-state index in [0.717, 1.165) is 6.21 Å². The Hall–Kier alpha value is -2.10. The molecule has 0 aliphatic carbocycles. The van der Waals surface area contributed by atoms with Crippen molar-refractivity contribution in [2.24, 2.45) is 5.16 Å². The summed E-state index contributed by atoms with van der Waals surface area (Å²) < 4.78 is 5.27. The highest BCUT2D eigenvalue weighted by Crippen LogP contribution is 2.10. The molecule has 1 N–H and O–H groups in total. The molecule has 1 aromatic heterocycles. The van der Waals surface area contributed by atoms with Crippen LogP contribution in [0.3, 0.4) is 0 Å². The summed E-state index contributed by atoms with van der Waals surface area (Å²) in [7, 11) is 0. The van der Waals surface area contributed by atoms with E-state index in [-0.39, 0.29) is 11.2 Å². The molecule has 14 heavy (non-hydrogen) atoms. The minimum Gasteiger partial charge on any atom is -0.455 e. The molecule has 1 heterocycles. The molecule has 4 nitrogen and oxygen atoms in total. The smallest absolute Gasteiger partial charge is 0.193 e. The number of fused-ring (bicyclic) bond motifs is 1. The van der Waals surface area contributed by atoms with Crippen LogP contribution in [0.15, 0.2) is 44.7 Å². The second-order valence-electron chi connectivity index (χ2n) is 2.75. The number of hydrogen-bond acceptors (Lipinski definition) is 4. The molecule has 0 aliphatic heterocycles. The SMILES string of the molecule is O=c1cc(C=NO)oc2ccccc12. The number of benzene rings is 1. The Morgan fingerprint density at radius 3 is 2.93 bits per heavy atom. The lowest BCUT2D eigenvalue weighted by Crippen LogP contribution is -2.01. The molecule has 2 aromatic rings. The van der Waals surface area contributed by atoms with Gasteiger partial charge in [0.05, 0.1) is 5.39 Å². The van der Waals surface area contributed by atoms with Crippen molar-refractivity contribution in [1.29, 1.82) is 0 Å². The minimum absolute atomic E-state index is 0.151. The second kappa shape index (κ2) is 3.33. The Balaban J connectivity index is 2.79. The summed E-state index contributed by atoms with van der Waals surface area (Å²) in [6, 6.07) is 8.18. The van der Waals surface area contributed by atoms with E-state index in [1.807, 2.05) is 0 Å². The van der Waals surface area contributed by atoms with Gasteiger partial charge in [0, 0.05) is 6.07 Å². The molecule has 0 amide bonds. The van der Waals surface area contributed by atoms with Crippen molar-refractivity contribution in [3.8, 4) is 0 Å². The van der Waals surface area contributed by atoms with Crippen molar-refractivity contribution >= 4 is 17.2 Å². The maximum Gasteiger partial charge on any atom is 0.193 e. The normalized spacial score (nSPS) is 11.1. The highest BCUT2D eigenvalue weighted by Gasteiger charge is 2.01. The van der Waals surface area contributed by atoms with Crippen LogP contribution in [-0.2, 0) is 0 Å². The molecule has 70 valence electrons. The molecule has 2 rings (SSSR count). The van der Waals surface area contributed by atoms with E-state index < -0.39 is 0 Å². The molecule has 0 unspecified atom stereocenters. The Labute approximate surface area is 79.1 Å². The third kappa shape index (κ3) is 1.37. The third-order valence-electron chi connectivity index (χ3n) is 1.84. The summed E-state index contributed by atoms with van der Waals surface area (Å²) in [4.78, 5) is 11.5. The summed E-state index contributed by atoms with van der Waals surface area (Å²) in [6.45, 7) is 0. The summed E-state index contributed by atoms with van der Waals surface area (Å²) in [5, 5.41) is 11.6. The molecule has 0 saturated carbocycles. The van der Waals surface area contributed by atoms with Gasteiger partial charge < -0.3 is 9.62 Å². The Morgan fingerprint density at radius 1 is 1.36 bits per heavy atom. The first-order valence-corrected chi connectivity index (χ1v) is 4.01. The molecule has 0 aliphatic rings. The maximum absolute atomic E-state index is 11.5. The van der Waals surface area contributed by atoms with Gasteiger partial charge in [-0.3, -0.25) is 4.79 Å². The lowest BCUT2D eigenvalue weighted by molar-refractivity contribution is 0.321. The zero-order chi connectivity index (χ0) is 9.97. The van der Waals surface area contributed by atoms with Crippen molar-refractivity contribution in [2.75, 3.05) is 0 Å². The van der Waals surface area contributed by atoms with E-state index in [0.29, 0.717) is 11.0 Å². The zero-order valence-electron chi connectivity index (χ0n) is 7.18. The van der Waals surface area contributed by atoms with Crippen molar-refractivity contribution in [1.82, 2.24) is 0 Å². The summed E-state index contributed by atoms with van der Waals surface area (Å²) in [5.41, 5.74) is 0.330. The zero-order valence-corrected chi connectivity index (χ0v) is 7.18. The first kappa shape index (κ1) is 8.50. The fraction of sp³-hybridized carbons (Fsp3) is 0. The highest BCUT2D eigenvalue weighted by molar-refractivity contribution is 5.81. The molecule has 0 saturated heterocycles. The van der Waals surface area contributed by atoms with Crippen molar-refractivity contribution in [3.05, 3.63) is 46.3 Å². The number of para-hydroxylation sites is 1. The molecular weight excluding hydrogens is 182 g/mol. The third-order valence-corrected chi connectivity index (χ3v) is 1.84. The predicted octanol–water partition coefficient (Wildman–Crippen LogP) is 1.60. The average molecular weight is 189 g/mol. The van der Waals surface area contributed by atoms with Crippen LogP contribution < -0.4 is 5.43 Å². The van der Waals surface area contributed by atoms with Crippen LogP contribution in [0.5, 0.6) is 0 Å². The van der Waals surface area contributed by atoms with E-state index in [4.69, 9.17) is 9.62 Å². The predicted molar refractivity (Wildman–Crippen MR) is 51.9 cm³/mol. The molecule has 1 aromatic carbocycles. The number of oxime groups is 1. The first-order valence-electron chi connectivity index (χ1n) is 4.01. The van der Waals surface area contributed by atoms with Gasteiger partial charge in [-0.1, -0.05) is 17.3 Å². The topological polar surface area (TPSA) is 62.8 Å². The van der Waals surface area contributed by atoms with Crippen molar-refractivity contribution < 1.29 is 9.62 Å². The highest BCUT2D eigenvalue weighted by atomic mass is 16.4. The van der Waals surface area contributed by atoms with Gasteiger partial charge in [-0.05, 0) is 12.1 Å². The molecule has 0 radical (unpaired) electrons. The molecule has 0 fully saturated rings.